The molecule has 0 bridgehead atoms. The lowest BCUT2D eigenvalue weighted by Crippen LogP contribution is -2.32. The van der Waals surface area contributed by atoms with Crippen molar-refractivity contribution in [2.24, 2.45) is 0 Å². The van der Waals surface area contributed by atoms with Crippen LogP contribution in [-0.2, 0) is 25.9 Å². The van der Waals surface area contributed by atoms with E-state index in [1.54, 1.807) is 13.1 Å². The van der Waals surface area contributed by atoms with Gasteiger partial charge in [0.2, 0.25) is 0 Å². The monoisotopic (exact) mass is 362 g/mol. The van der Waals surface area contributed by atoms with Crippen LogP contribution >= 0.6 is 0 Å². The van der Waals surface area contributed by atoms with E-state index in [2.05, 4.69) is 54.2 Å². The fourth-order valence-electron chi connectivity index (χ4n) is 3.40. The van der Waals surface area contributed by atoms with E-state index in [1.807, 2.05) is 18.5 Å². The van der Waals surface area contributed by atoms with Crippen molar-refractivity contribution in [2.45, 2.75) is 25.9 Å². The van der Waals surface area contributed by atoms with E-state index in [1.165, 1.54) is 11.3 Å². The Labute approximate surface area is 158 Å². The Bertz CT molecular complexity index is 919. The molecule has 1 aromatic carbocycles. The second-order valence-corrected chi connectivity index (χ2v) is 6.59. The molecule has 7 heteroatoms. The Morgan fingerprint density at radius 2 is 2.00 bits per heavy atom. The van der Waals surface area contributed by atoms with Crippen molar-refractivity contribution in [2.75, 3.05) is 18.5 Å². The molecule has 138 valence electrons. The number of aryl methyl sites for hydroxylation is 2. The van der Waals surface area contributed by atoms with E-state index in [0.29, 0.717) is 12.2 Å². The van der Waals surface area contributed by atoms with Crippen LogP contribution in [0.25, 0.3) is 0 Å². The molecule has 1 amide bonds. The van der Waals surface area contributed by atoms with Gasteiger partial charge in [0.05, 0.1) is 18.6 Å². The molecule has 3 heterocycles. The van der Waals surface area contributed by atoms with Gasteiger partial charge in [-0.05, 0) is 24.1 Å². The van der Waals surface area contributed by atoms with E-state index in [4.69, 9.17) is 0 Å². The molecule has 0 fully saturated rings. The number of imidazole rings is 1. The first-order valence-electron chi connectivity index (χ1n) is 9.12. The Kier molecular flexibility index (Phi) is 4.82. The van der Waals surface area contributed by atoms with Crippen molar-refractivity contribution >= 4 is 11.7 Å². The fourth-order valence-corrected chi connectivity index (χ4v) is 3.40. The highest BCUT2D eigenvalue weighted by atomic mass is 16.1. The zero-order chi connectivity index (χ0) is 18.6. The van der Waals surface area contributed by atoms with Crippen molar-refractivity contribution in [3.63, 3.8) is 0 Å². The second-order valence-electron chi connectivity index (χ2n) is 6.59. The van der Waals surface area contributed by atoms with Crippen molar-refractivity contribution < 1.29 is 4.79 Å². The van der Waals surface area contributed by atoms with Gasteiger partial charge in [-0.3, -0.25) is 4.79 Å². The predicted octanol–water partition coefficient (Wildman–Crippen LogP) is 1.84. The normalized spacial score (nSPS) is 13.3. The smallest absolute Gasteiger partial charge is 0.271 e. The van der Waals surface area contributed by atoms with Crippen molar-refractivity contribution in [3.8, 4) is 0 Å². The largest absolute Gasteiger partial charge is 0.354 e. The highest BCUT2D eigenvalue weighted by Crippen LogP contribution is 2.22. The topological polar surface area (TPSA) is 75.9 Å². The molecule has 0 saturated carbocycles. The first-order chi connectivity index (χ1) is 13.2. The predicted molar refractivity (Wildman–Crippen MR) is 103 cm³/mol. The molecule has 1 aliphatic heterocycles. The summed E-state index contributed by atoms with van der Waals surface area (Å²) in [5.74, 6) is 0.541. The van der Waals surface area contributed by atoms with Crippen LogP contribution in [0.15, 0.2) is 48.8 Å². The third kappa shape index (κ3) is 3.67. The minimum absolute atomic E-state index is 0.230. The van der Waals surface area contributed by atoms with E-state index in [9.17, 15) is 4.79 Å². The van der Waals surface area contributed by atoms with Crippen molar-refractivity contribution in [1.29, 1.82) is 0 Å². The summed E-state index contributed by atoms with van der Waals surface area (Å²) >= 11 is 0. The average molecular weight is 362 g/mol. The number of hydrogen-bond acceptors (Lipinski definition) is 5. The van der Waals surface area contributed by atoms with Gasteiger partial charge in [0.1, 0.15) is 0 Å². The summed E-state index contributed by atoms with van der Waals surface area (Å²) in [6.45, 7) is 2.51. The molecule has 0 atom stereocenters. The highest BCUT2D eigenvalue weighted by molar-refractivity contribution is 5.91. The summed E-state index contributed by atoms with van der Waals surface area (Å²) in [5.41, 5.74) is 4.05. The SMILES string of the molecule is CNC(=O)c1ccc(N2CCc3c(ncn3CCc3ccccc3)C2)nn1. The Hall–Kier alpha value is -3.22. The molecular formula is C20H22N6O. The minimum Gasteiger partial charge on any atom is -0.354 e. The van der Waals surface area contributed by atoms with E-state index in [0.717, 1.165) is 37.4 Å². The number of rotatable bonds is 5. The number of aromatic nitrogens is 4. The van der Waals surface area contributed by atoms with Gasteiger partial charge in [-0.25, -0.2) is 4.98 Å². The molecule has 4 rings (SSSR count). The Morgan fingerprint density at radius 1 is 1.15 bits per heavy atom. The van der Waals surface area contributed by atoms with E-state index < -0.39 is 0 Å². The Balaban J connectivity index is 1.43. The van der Waals surface area contributed by atoms with Crippen LogP contribution < -0.4 is 10.2 Å². The van der Waals surface area contributed by atoms with E-state index >= 15 is 0 Å². The number of nitrogens with one attached hydrogen (secondary N) is 1. The summed E-state index contributed by atoms with van der Waals surface area (Å²) < 4.78 is 2.26. The fraction of sp³-hybridized carbons (Fsp3) is 0.300. The lowest BCUT2D eigenvalue weighted by molar-refractivity contribution is 0.0957. The van der Waals surface area contributed by atoms with Crippen molar-refractivity contribution in [1.82, 2.24) is 25.1 Å². The average Bonchev–Trinajstić information content (AvgIpc) is 3.15. The number of fused-ring (bicyclic) bond motifs is 1. The number of carbonyl (C=O) groups is 1. The van der Waals surface area contributed by atoms with Gasteiger partial charge in [-0.15, -0.1) is 10.2 Å². The summed E-state index contributed by atoms with van der Waals surface area (Å²) in [5, 5.41) is 10.8. The summed E-state index contributed by atoms with van der Waals surface area (Å²) in [6.07, 6.45) is 3.86. The molecule has 2 aromatic heterocycles. The maximum atomic E-state index is 11.6. The standard InChI is InChI=1S/C20H22N6O/c1-21-20(27)16-7-8-19(24-23-16)25-12-10-18-17(13-25)22-14-26(18)11-9-15-5-3-2-4-6-15/h2-8,14H,9-13H2,1H3,(H,21,27). The number of benzene rings is 1. The second kappa shape index (κ2) is 7.57. The van der Waals surface area contributed by atoms with Crippen LogP contribution in [0.4, 0.5) is 5.82 Å². The molecule has 3 aromatic rings. The molecule has 7 nitrogen and oxygen atoms in total. The number of anilines is 1. The van der Waals surface area contributed by atoms with Gasteiger partial charge >= 0.3 is 0 Å². The lowest BCUT2D eigenvalue weighted by atomic mass is 10.1. The highest BCUT2D eigenvalue weighted by Gasteiger charge is 2.22. The van der Waals surface area contributed by atoms with Gasteiger partial charge in [0.15, 0.2) is 11.5 Å². The molecule has 27 heavy (non-hydrogen) atoms. The minimum atomic E-state index is -0.230. The summed E-state index contributed by atoms with van der Waals surface area (Å²) in [7, 11) is 1.58. The van der Waals surface area contributed by atoms with E-state index in [-0.39, 0.29) is 5.91 Å². The van der Waals surface area contributed by atoms with Crippen LogP contribution in [-0.4, -0.2) is 39.2 Å². The molecule has 0 aliphatic carbocycles. The molecule has 0 radical (unpaired) electrons. The van der Waals surface area contributed by atoms with Crippen LogP contribution in [0.3, 0.4) is 0 Å². The first-order valence-corrected chi connectivity index (χ1v) is 9.12. The number of hydrogen-bond donors (Lipinski definition) is 1. The lowest BCUT2D eigenvalue weighted by Gasteiger charge is -2.27. The van der Waals surface area contributed by atoms with Gasteiger partial charge in [-0.1, -0.05) is 30.3 Å². The Morgan fingerprint density at radius 3 is 2.74 bits per heavy atom. The summed E-state index contributed by atoms with van der Waals surface area (Å²) in [6, 6.07) is 14.1. The first kappa shape index (κ1) is 17.2. The quantitative estimate of drug-likeness (QED) is 0.749. The van der Waals surface area contributed by atoms with Crippen molar-refractivity contribution in [3.05, 3.63) is 71.4 Å². The van der Waals surface area contributed by atoms with Crippen LogP contribution in [0.2, 0.25) is 0 Å². The van der Waals surface area contributed by atoms with Gasteiger partial charge < -0.3 is 14.8 Å². The third-order valence-corrected chi connectivity index (χ3v) is 4.91. The third-order valence-electron chi connectivity index (χ3n) is 4.91. The summed E-state index contributed by atoms with van der Waals surface area (Å²) in [4.78, 5) is 18.4. The zero-order valence-corrected chi connectivity index (χ0v) is 15.3. The van der Waals surface area contributed by atoms with Crippen LogP contribution in [0, 0.1) is 0 Å². The number of amides is 1. The molecule has 1 aliphatic rings. The molecule has 0 saturated heterocycles. The van der Waals surface area contributed by atoms with Crippen LogP contribution in [0.5, 0.6) is 0 Å². The van der Waals surface area contributed by atoms with Gasteiger partial charge in [0.25, 0.3) is 5.91 Å². The van der Waals surface area contributed by atoms with Gasteiger partial charge in [-0.2, -0.15) is 0 Å². The maximum Gasteiger partial charge on any atom is 0.271 e. The number of nitrogens with zero attached hydrogens (tertiary/aromatic N) is 5. The molecule has 1 N–H and O–H groups in total. The van der Waals surface area contributed by atoms with Crippen LogP contribution in [0.1, 0.15) is 27.4 Å². The molecular weight excluding hydrogens is 340 g/mol. The van der Waals surface area contributed by atoms with Gasteiger partial charge in [0, 0.05) is 32.3 Å². The number of carbonyl (C=O) groups excluding carboxylic acids is 1. The maximum absolute atomic E-state index is 11.6. The molecule has 0 spiro atoms. The zero-order valence-electron chi connectivity index (χ0n) is 15.3. The molecule has 0 unspecified atom stereocenters.